The first kappa shape index (κ1) is 23.6. The number of amides is 2. The van der Waals surface area contributed by atoms with Crippen LogP contribution in [0, 0.1) is 11.8 Å². The van der Waals surface area contributed by atoms with Gasteiger partial charge < -0.3 is 10.1 Å². The Morgan fingerprint density at radius 2 is 1.45 bits per heavy atom. The first-order chi connectivity index (χ1) is 18.2. The molecule has 3 atom stereocenters. The zero-order valence-corrected chi connectivity index (χ0v) is 19.2. The van der Waals surface area contributed by atoms with Crippen molar-refractivity contribution in [2.75, 3.05) is 4.90 Å². The number of ether oxygens (including phenoxy) is 1. The van der Waals surface area contributed by atoms with E-state index in [0.29, 0.717) is 5.69 Å². The summed E-state index contributed by atoms with van der Waals surface area (Å²) in [7, 11) is 0. The van der Waals surface area contributed by atoms with Crippen LogP contribution in [0.2, 0.25) is 0 Å². The highest BCUT2D eigenvalue weighted by molar-refractivity contribution is 6.40. The zero-order chi connectivity index (χ0) is 26.8. The number of anilines is 1. The Kier molecular flexibility index (Phi) is 5.20. The molecule has 3 aliphatic rings. The number of hydrogen-bond donors (Lipinski definition) is 1. The average molecular weight is 519 g/mol. The fraction of sp³-hybridized carbons (Fsp3) is 0.148. The summed E-state index contributed by atoms with van der Waals surface area (Å²) in [4.78, 5) is 59.1. The van der Waals surface area contributed by atoms with Crippen LogP contribution in [0.5, 0.6) is 5.75 Å². The summed E-state index contributed by atoms with van der Waals surface area (Å²) >= 11 is 0. The van der Waals surface area contributed by atoms with Crippen molar-refractivity contribution in [2.45, 2.75) is 12.4 Å². The van der Waals surface area contributed by atoms with Gasteiger partial charge >= 0.3 is 6.36 Å². The average Bonchev–Trinajstić information content (AvgIpc) is 3.49. The molecule has 3 unspecified atom stereocenters. The fourth-order valence-electron chi connectivity index (χ4n) is 5.27. The lowest BCUT2D eigenvalue weighted by molar-refractivity contribution is -0.274. The second-order valence-corrected chi connectivity index (χ2v) is 8.93. The molecule has 3 heterocycles. The number of carbonyl (C=O) groups is 4. The van der Waals surface area contributed by atoms with Crippen LogP contribution in [0.3, 0.4) is 0 Å². The standard InChI is InChI=1S/C27H16F3N3O5/c28-27(29,30)38-14-10-8-13(9-11-14)33-25(36)18-19(26(33)37)22(32-21(18)17-7-3-4-12-31-17)20-23(34)15-5-1-2-6-16(15)24(20)35/h1-12,18-19,21,32H. The first-order valence-electron chi connectivity index (χ1n) is 11.5. The van der Waals surface area contributed by atoms with Gasteiger partial charge in [-0.05, 0) is 36.4 Å². The third-order valence-electron chi connectivity index (χ3n) is 6.81. The summed E-state index contributed by atoms with van der Waals surface area (Å²) in [5, 5.41) is 3.08. The van der Waals surface area contributed by atoms with Gasteiger partial charge in [-0.1, -0.05) is 30.3 Å². The fourth-order valence-corrected chi connectivity index (χ4v) is 5.27. The van der Waals surface area contributed by atoms with Gasteiger partial charge in [0.25, 0.3) is 0 Å². The van der Waals surface area contributed by atoms with Crippen molar-refractivity contribution in [3.05, 3.63) is 101 Å². The predicted molar refractivity (Wildman–Crippen MR) is 125 cm³/mol. The second kappa shape index (κ2) is 8.37. The zero-order valence-electron chi connectivity index (χ0n) is 19.2. The number of pyridine rings is 1. The van der Waals surface area contributed by atoms with Crippen LogP contribution in [0.25, 0.3) is 0 Å². The molecular formula is C27H16F3N3O5. The number of fused-ring (bicyclic) bond motifs is 2. The third kappa shape index (κ3) is 3.58. The van der Waals surface area contributed by atoms with Crippen molar-refractivity contribution in [3.63, 3.8) is 0 Å². The minimum Gasteiger partial charge on any atom is -0.406 e. The predicted octanol–water partition coefficient (Wildman–Crippen LogP) is 3.76. The minimum absolute atomic E-state index is 0.0282. The molecule has 1 aliphatic carbocycles. The molecule has 0 spiro atoms. The minimum atomic E-state index is -4.90. The molecule has 6 rings (SSSR count). The highest BCUT2D eigenvalue weighted by Gasteiger charge is 2.60. The van der Waals surface area contributed by atoms with Crippen LogP contribution in [0.15, 0.2) is 84.2 Å². The molecule has 2 aromatic carbocycles. The van der Waals surface area contributed by atoms with E-state index in [9.17, 15) is 32.3 Å². The monoisotopic (exact) mass is 519 g/mol. The van der Waals surface area contributed by atoms with Crippen molar-refractivity contribution in [1.82, 2.24) is 10.3 Å². The number of benzene rings is 2. The summed E-state index contributed by atoms with van der Waals surface area (Å²) in [6, 6.07) is 14.8. The maximum absolute atomic E-state index is 13.7. The second-order valence-electron chi connectivity index (χ2n) is 8.93. The van der Waals surface area contributed by atoms with Gasteiger partial charge in [0.2, 0.25) is 11.8 Å². The van der Waals surface area contributed by atoms with Gasteiger partial charge in [-0.3, -0.25) is 24.2 Å². The van der Waals surface area contributed by atoms with E-state index in [0.717, 1.165) is 29.2 Å². The normalized spacial score (nSPS) is 22.6. The van der Waals surface area contributed by atoms with Gasteiger partial charge in [0.1, 0.15) is 5.75 Å². The summed E-state index contributed by atoms with van der Waals surface area (Å²) in [6.45, 7) is 0. The number of allylic oxidation sites excluding steroid dienone is 1. The number of alkyl halides is 3. The number of halogens is 3. The van der Waals surface area contributed by atoms with Crippen molar-refractivity contribution < 1.29 is 37.1 Å². The molecule has 2 saturated heterocycles. The lowest BCUT2D eigenvalue weighted by atomic mass is 9.88. The maximum atomic E-state index is 13.7. The summed E-state index contributed by atoms with van der Waals surface area (Å²) in [5.41, 5.74) is 0.680. The van der Waals surface area contributed by atoms with E-state index in [4.69, 9.17) is 0 Å². The van der Waals surface area contributed by atoms with E-state index >= 15 is 0 Å². The quantitative estimate of drug-likeness (QED) is 0.319. The number of rotatable bonds is 3. The smallest absolute Gasteiger partial charge is 0.406 e. The number of imide groups is 1. The molecule has 8 nitrogen and oxygen atoms in total. The summed E-state index contributed by atoms with van der Waals surface area (Å²) in [5.74, 6) is -5.22. The van der Waals surface area contributed by atoms with Gasteiger partial charge in [0, 0.05) is 23.0 Å². The van der Waals surface area contributed by atoms with Crippen LogP contribution in [0.4, 0.5) is 18.9 Å². The van der Waals surface area contributed by atoms with E-state index in [-0.39, 0.29) is 28.1 Å². The molecule has 0 radical (unpaired) electrons. The number of Topliss-reactive ketones (excluding diaryl/α,β-unsaturated/α-hetero) is 2. The molecular weight excluding hydrogens is 503 g/mol. The SMILES string of the molecule is O=C1C(=C2NC(c3ccccn3)C3C(=O)N(c4ccc(OC(F)(F)F)cc4)C(=O)C23)C(=O)c2ccccc21. The van der Waals surface area contributed by atoms with Crippen molar-refractivity contribution >= 4 is 29.1 Å². The number of nitrogens with zero attached hydrogens (tertiary/aromatic N) is 2. The van der Waals surface area contributed by atoms with Crippen LogP contribution < -0.4 is 15.0 Å². The molecule has 38 heavy (non-hydrogen) atoms. The lowest BCUT2D eigenvalue weighted by Crippen LogP contribution is -2.36. The van der Waals surface area contributed by atoms with E-state index < -0.39 is 53.4 Å². The topological polar surface area (TPSA) is 106 Å². The van der Waals surface area contributed by atoms with Crippen LogP contribution >= 0.6 is 0 Å². The van der Waals surface area contributed by atoms with Gasteiger partial charge in [0.15, 0.2) is 11.6 Å². The van der Waals surface area contributed by atoms with E-state index in [1.807, 2.05) is 0 Å². The third-order valence-corrected chi connectivity index (χ3v) is 6.81. The Balaban J connectivity index is 1.45. The number of ketones is 2. The summed E-state index contributed by atoms with van der Waals surface area (Å²) in [6.07, 6.45) is -3.39. The Hall–Kier alpha value is -4.80. The Bertz CT molecular complexity index is 1510. The summed E-state index contributed by atoms with van der Waals surface area (Å²) < 4.78 is 41.6. The molecule has 2 amide bonds. The Morgan fingerprint density at radius 1 is 0.816 bits per heavy atom. The van der Waals surface area contributed by atoms with Crippen molar-refractivity contribution in [1.29, 1.82) is 0 Å². The Morgan fingerprint density at radius 3 is 2.03 bits per heavy atom. The number of aromatic nitrogens is 1. The highest BCUT2D eigenvalue weighted by atomic mass is 19.4. The van der Waals surface area contributed by atoms with Crippen LogP contribution in [-0.2, 0) is 9.59 Å². The lowest BCUT2D eigenvalue weighted by Gasteiger charge is -2.21. The van der Waals surface area contributed by atoms with Crippen molar-refractivity contribution in [2.24, 2.45) is 11.8 Å². The van der Waals surface area contributed by atoms with E-state index in [1.54, 1.807) is 30.3 Å². The molecule has 3 aromatic rings. The van der Waals surface area contributed by atoms with Crippen molar-refractivity contribution in [3.8, 4) is 5.75 Å². The molecule has 2 fully saturated rings. The molecule has 0 bridgehead atoms. The molecule has 0 saturated carbocycles. The number of carbonyl (C=O) groups excluding carboxylic acids is 4. The molecule has 2 aliphatic heterocycles. The van der Waals surface area contributed by atoms with E-state index in [1.165, 1.54) is 18.3 Å². The van der Waals surface area contributed by atoms with Gasteiger partial charge in [0.05, 0.1) is 34.8 Å². The van der Waals surface area contributed by atoms with Crippen LogP contribution in [0.1, 0.15) is 32.5 Å². The highest BCUT2D eigenvalue weighted by Crippen LogP contribution is 2.48. The molecule has 1 aromatic heterocycles. The van der Waals surface area contributed by atoms with Gasteiger partial charge in [-0.2, -0.15) is 0 Å². The largest absolute Gasteiger partial charge is 0.573 e. The number of hydrogen-bond acceptors (Lipinski definition) is 7. The molecule has 1 N–H and O–H groups in total. The number of nitrogens with one attached hydrogen (secondary N) is 1. The first-order valence-corrected chi connectivity index (χ1v) is 11.5. The molecule has 190 valence electrons. The Labute approximate surface area is 212 Å². The van der Waals surface area contributed by atoms with Gasteiger partial charge in [-0.15, -0.1) is 13.2 Å². The maximum Gasteiger partial charge on any atom is 0.573 e. The van der Waals surface area contributed by atoms with Crippen LogP contribution in [-0.4, -0.2) is 34.7 Å². The molecule has 11 heteroatoms. The van der Waals surface area contributed by atoms with Gasteiger partial charge in [-0.25, -0.2) is 4.90 Å². The van der Waals surface area contributed by atoms with E-state index in [2.05, 4.69) is 15.0 Å².